The van der Waals surface area contributed by atoms with Gasteiger partial charge >= 0.3 is 0 Å². The van der Waals surface area contributed by atoms with Crippen LogP contribution in [0.3, 0.4) is 0 Å². The number of nitrogens with two attached hydrogens (primary N) is 1. The summed E-state index contributed by atoms with van der Waals surface area (Å²) in [6.07, 6.45) is 2.91. The zero-order chi connectivity index (χ0) is 13.8. The molecule has 3 N–H and O–H groups in total. The van der Waals surface area contributed by atoms with Gasteiger partial charge in [-0.25, -0.2) is 0 Å². The average molecular weight is 256 g/mol. The molecular formula is C14H28N2O2. The summed E-state index contributed by atoms with van der Waals surface area (Å²) in [5.74, 6) is 1.06. The molecule has 1 amide bonds. The molecule has 0 bridgehead atoms. The predicted molar refractivity (Wildman–Crippen MR) is 73.1 cm³/mol. The number of hydrogen-bond acceptors (Lipinski definition) is 3. The maximum Gasteiger partial charge on any atom is 0.222 e. The molecule has 0 aromatic heterocycles. The Labute approximate surface area is 111 Å². The van der Waals surface area contributed by atoms with Crippen LogP contribution in [0, 0.1) is 11.8 Å². The Kier molecular flexibility index (Phi) is 5.60. The van der Waals surface area contributed by atoms with Gasteiger partial charge in [-0.2, -0.15) is 0 Å². The first kappa shape index (κ1) is 15.4. The Morgan fingerprint density at radius 1 is 1.39 bits per heavy atom. The second-order valence-electron chi connectivity index (χ2n) is 6.31. The molecule has 4 heteroatoms. The standard InChI is InChI=1S/C14H28N2O2/c1-11(2)8-12(10-15)9-13(17)16-6-4-14(3,18)5-7-16/h11-12,18H,4-10,15H2,1-3H3/t12-/m0/s1. The third-order valence-corrected chi connectivity index (χ3v) is 3.79. The molecule has 0 radical (unpaired) electrons. The van der Waals surface area contributed by atoms with Gasteiger partial charge in [0.2, 0.25) is 5.91 Å². The summed E-state index contributed by atoms with van der Waals surface area (Å²) < 4.78 is 0. The Hall–Kier alpha value is -0.610. The van der Waals surface area contributed by atoms with Gasteiger partial charge in [0.1, 0.15) is 0 Å². The summed E-state index contributed by atoms with van der Waals surface area (Å²) >= 11 is 0. The maximum atomic E-state index is 12.1. The second-order valence-corrected chi connectivity index (χ2v) is 6.31. The maximum absolute atomic E-state index is 12.1. The first-order valence-electron chi connectivity index (χ1n) is 7.04. The molecule has 1 aliphatic heterocycles. The lowest BCUT2D eigenvalue weighted by Gasteiger charge is -2.36. The summed E-state index contributed by atoms with van der Waals surface area (Å²) in [5.41, 5.74) is 5.14. The predicted octanol–water partition coefficient (Wildman–Crippen LogP) is 1.37. The van der Waals surface area contributed by atoms with E-state index in [2.05, 4.69) is 13.8 Å². The summed E-state index contributed by atoms with van der Waals surface area (Å²) in [4.78, 5) is 14.0. The minimum Gasteiger partial charge on any atom is -0.390 e. The summed E-state index contributed by atoms with van der Waals surface area (Å²) in [6.45, 7) is 8.08. The van der Waals surface area contributed by atoms with Crippen molar-refractivity contribution < 1.29 is 9.90 Å². The lowest BCUT2D eigenvalue weighted by atomic mass is 9.91. The molecule has 1 saturated heterocycles. The topological polar surface area (TPSA) is 66.6 Å². The van der Waals surface area contributed by atoms with E-state index in [-0.39, 0.29) is 5.91 Å². The molecule has 0 aliphatic carbocycles. The highest BCUT2D eigenvalue weighted by molar-refractivity contribution is 5.76. The fourth-order valence-corrected chi connectivity index (χ4v) is 2.54. The van der Waals surface area contributed by atoms with Crippen molar-refractivity contribution >= 4 is 5.91 Å². The number of rotatable bonds is 5. The molecule has 106 valence electrons. The van der Waals surface area contributed by atoms with E-state index >= 15 is 0 Å². The van der Waals surface area contributed by atoms with Gasteiger partial charge in [0.15, 0.2) is 0 Å². The normalized spacial score (nSPS) is 21.1. The van der Waals surface area contributed by atoms with Gasteiger partial charge < -0.3 is 15.7 Å². The van der Waals surface area contributed by atoms with Crippen LogP contribution in [0.1, 0.15) is 46.5 Å². The van der Waals surface area contributed by atoms with Gasteiger partial charge in [-0.15, -0.1) is 0 Å². The fourth-order valence-electron chi connectivity index (χ4n) is 2.54. The number of likely N-dealkylation sites (tertiary alicyclic amines) is 1. The van der Waals surface area contributed by atoms with Crippen LogP contribution in [0.4, 0.5) is 0 Å². The van der Waals surface area contributed by atoms with E-state index in [9.17, 15) is 9.90 Å². The number of aliphatic hydroxyl groups is 1. The molecule has 0 aromatic carbocycles. The van der Waals surface area contributed by atoms with Crippen molar-refractivity contribution in [1.82, 2.24) is 4.90 Å². The van der Waals surface area contributed by atoms with E-state index in [0.717, 1.165) is 6.42 Å². The van der Waals surface area contributed by atoms with Crippen molar-refractivity contribution in [1.29, 1.82) is 0 Å². The molecule has 1 atom stereocenters. The largest absolute Gasteiger partial charge is 0.390 e. The van der Waals surface area contributed by atoms with Crippen LogP contribution >= 0.6 is 0 Å². The van der Waals surface area contributed by atoms with Crippen LogP contribution < -0.4 is 5.73 Å². The minimum atomic E-state index is -0.595. The molecule has 4 nitrogen and oxygen atoms in total. The minimum absolute atomic E-state index is 0.196. The zero-order valence-electron chi connectivity index (χ0n) is 12.0. The highest BCUT2D eigenvalue weighted by Gasteiger charge is 2.30. The van der Waals surface area contributed by atoms with Gasteiger partial charge in [-0.1, -0.05) is 13.8 Å². The molecule has 1 fully saturated rings. The lowest BCUT2D eigenvalue weighted by molar-refractivity contribution is -0.136. The molecule has 0 saturated carbocycles. The van der Waals surface area contributed by atoms with Crippen molar-refractivity contribution in [3.8, 4) is 0 Å². The Balaban J connectivity index is 2.40. The third-order valence-electron chi connectivity index (χ3n) is 3.79. The van der Waals surface area contributed by atoms with Gasteiger partial charge in [0.05, 0.1) is 5.60 Å². The molecule has 0 unspecified atom stereocenters. The monoisotopic (exact) mass is 256 g/mol. The van der Waals surface area contributed by atoms with E-state index in [1.807, 2.05) is 11.8 Å². The van der Waals surface area contributed by atoms with Crippen LogP contribution in [0.15, 0.2) is 0 Å². The molecule has 0 spiro atoms. The van der Waals surface area contributed by atoms with Crippen molar-refractivity contribution in [3.05, 3.63) is 0 Å². The highest BCUT2D eigenvalue weighted by atomic mass is 16.3. The number of piperidine rings is 1. The van der Waals surface area contributed by atoms with E-state index in [0.29, 0.717) is 50.7 Å². The Bertz CT molecular complexity index is 267. The van der Waals surface area contributed by atoms with Crippen molar-refractivity contribution in [3.63, 3.8) is 0 Å². The van der Waals surface area contributed by atoms with E-state index in [1.165, 1.54) is 0 Å². The van der Waals surface area contributed by atoms with Crippen LogP contribution in [-0.2, 0) is 4.79 Å². The van der Waals surface area contributed by atoms with E-state index < -0.39 is 5.60 Å². The Morgan fingerprint density at radius 3 is 2.39 bits per heavy atom. The van der Waals surface area contributed by atoms with Gasteiger partial charge in [0, 0.05) is 19.5 Å². The number of carbonyl (C=O) groups is 1. The summed E-state index contributed by atoms with van der Waals surface area (Å²) in [6, 6.07) is 0. The molecule has 1 aliphatic rings. The number of carbonyl (C=O) groups excluding carboxylic acids is 1. The number of amides is 1. The fraction of sp³-hybridized carbons (Fsp3) is 0.929. The van der Waals surface area contributed by atoms with E-state index in [4.69, 9.17) is 5.73 Å². The first-order chi connectivity index (χ1) is 8.34. The molecule has 0 aromatic rings. The SMILES string of the molecule is CC(C)C[C@H](CN)CC(=O)N1CCC(C)(O)CC1. The van der Waals surface area contributed by atoms with Crippen LogP contribution in [0.25, 0.3) is 0 Å². The van der Waals surface area contributed by atoms with Crippen molar-refractivity contribution in [2.24, 2.45) is 17.6 Å². The van der Waals surface area contributed by atoms with Crippen LogP contribution in [0.5, 0.6) is 0 Å². The zero-order valence-corrected chi connectivity index (χ0v) is 12.0. The number of nitrogens with zero attached hydrogens (tertiary/aromatic N) is 1. The summed E-state index contributed by atoms with van der Waals surface area (Å²) in [5, 5.41) is 9.86. The second kappa shape index (κ2) is 6.53. The molecule has 1 rings (SSSR count). The number of hydrogen-bond donors (Lipinski definition) is 2. The highest BCUT2D eigenvalue weighted by Crippen LogP contribution is 2.23. The van der Waals surface area contributed by atoms with Crippen LogP contribution in [0.2, 0.25) is 0 Å². The lowest BCUT2D eigenvalue weighted by Crippen LogP contribution is -2.45. The van der Waals surface area contributed by atoms with Gasteiger partial charge in [-0.05, 0) is 44.6 Å². The average Bonchev–Trinajstić information content (AvgIpc) is 2.27. The van der Waals surface area contributed by atoms with Crippen molar-refractivity contribution in [2.45, 2.75) is 52.1 Å². The van der Waals surface area contributed by atoms with Gasteiger partial charge in [-0.3, -0.25) is 4.79 Å². The first-order valence-corrected chi connectivity index (χ1v) is 7.04. The molecule has 1 heterocycles. The molecular weight excluding hydrogens is 228 g/mol. The smallest absolute Gasteiger partial charge is 0.222 e. The van der Waals surface area contributed by atoms with Gasteiger partial charge in [0.25, 0.3) is 0 Å². The quantitative estimate of drug-likeness (QED) is 0.781. The summed E-state index contributed by atoms with van der Waals surface area (Å²) in [7, 11) is 0. The van der Waals surface area contributed by atoms with Crippen LogP contribution in [-0.4, -0.2) is 41.1 Å². The third kappa shape index (κ3) is 4.94. The van der Waals surface area contributed by atoms with Crippen molar-refractivity contribution in [2.75, 3.05) is 19.6 Å². The van der Waals surface area contributed by atoms with E-state index in [1.54, 1.807) is 0 Å². The molecule has 18 heavy (non-hydrogen) atoms. The Morgan fingerprint density at radius 2 is 1.94 bits per heavy atom.